The van der Waals surface area contributed by atoms with E-state index in [1.807, 2.05) is 25.1 Å². The molecule has 2 aromatic rings. The van der Waals surface area contributed by atoms with Gasteiger partial charge in [0.05, 0.1) is 4.90 Å². The first-order valence-corrected chi connectivity index (χ1v) is 12.1. The molecule has 0 bridgehead atoms. The van der Waals surface area contributed by atoms with Crippen molar-refractivity contribution in [2.45, 2.75) is 51.1 Å². The number of likely N-dealkylation sites (tertiary alicyclic amines) is 1. The number of nitrogens with one attached hydrogen (secondary N) is 2. The highest BCUT2D eigenvalue weighted by Crippen LogP contribution is 2.18. The van der Waals surface area contributed by atoms with Gasteiger partial charge in [-0.15, -0.1) is 0 Å². The number of sulfonamides is 1. The number of benzene rings is 2. The summed E-state index contributed by atoms with van der Waals surface area (Å²) >= 11 is 0. The molecule has 0 aliphatic carbocycles. The van der Waals surface area contributed by atoms with E-state index in [1.54, 1.807) is 13.0 Å². The van der Waals surface area contributed by atoms with Crippen LogP contribution in [0.15, 0.2) is 47.4 Å². The molecule has 0 aromatic heterocycles. The molecular weight excluding hydrogens is 398 g/mol. The van der Waals surface area contributed by atoms with E-state index in [2.05, 4.69) is 21.0 Å². The maximum Gasteiger partial charge on any atom is 0.251 e. The Labute approximate surface area is 179 Å². The maximum absolute atomic E-state index is 12.8. The Hall–Kier alpha value is -2.22. The van der Waals surface area contributed by atoms with Gasteiger partial charge >= 0.3 is 0 Å². The molecule has 7 heteroatoms. The van der Waals surface area contributed by atoms with Gasteiger partial charge in [0.2, 0.25) is 10.0 Å². The molecule has 0 atom stereocenters. The molecule has 1 fully saturated rings. The number of rotatable bonds is 8. The van der Waals surface area contributed by atoms with Gasteiger partial charge in [-0.05, 0) is 61.7 Å². The third kappa shape index (κ3) is 5.68. The average molecular weight is 430 g/mol. The van der Waals surface area contributed by atoms with Crippen LogP contribution in [0, 0.1) is 6.92 Å². The molecule has 3 rings (SSSR count). The smallest absolute Gasteiger partial charge is 0.251 e. The van der Waals surface area contributed by atoms with E-state index >= 15 is 0 Å². The highest BCUT2D eigenvalue weighted by atomic mass is 32.2. The van der Waals surface area contributed by atoms with Gasteiger partial charge in [0.15, 0.2) is 0 Å². The molecular formula is C23H31N3O3S. The fourth-order valence-corrected chi connectivity index (χ4v) is 4.87. The topological polar surface area (TPSA) is 78.5 Å². The Morgan fingerprint density at radius 1 is 1.03 bits per heavy atom. The minimum atomic E-state index is -3.61. The standard InChI is InChI=1S/C23H31N3O3S/c1-3-25-30(28,29)21-12-11-18(2)22(15-21)23(27)24-16-19-9-5-6-10-20(19)17-26-13-7-4-8-14-26/h5-6,9-12,15,25H,3-4,7-8,13-14,16-17H2,1-2H3,(H,24,27). The maximum atomic E-state index is 12.8. The quantitative estimate of drug-likeness (QED) is 0.675. The predicted molar refractivity (Wildman–Crippen MR) is 119 cm³/mol. The molecule has 1 saturated heterocycles. The van der Waals surface area contributed by atoms with Crippen molar-refractivity contribution in [2.75, 3.05) is 19.6 Å². The summed E-state index contributed by atoms with van der Waals surface area (Å²) in [5, 5.41) is 2.97. The van der Waals surface area contributed by atoms with Gasteiger partial charge in [-0.1, -0.05) is 43.7 Å². The first-order chi connectivity index (χ1) is 14.4. The van der Waals surface area contributed by atoms with Crippen molar-refractivity contribution < 1.29 is 13.2 Å². The van der Waals surface area contributed by atoms with E-state index < -0.39 is 10.0 Å². The van der Waals surface area contributed by atoms with Gasteiger partial charge < -0.3 is 5.32 Å². The van der Waals surface area contributed by atoms with E-state index in [0.717, 1.165) is 30.8 Å². The molecule has 1 aliphatic heterocycles. The van der Waals surface area contributed by atoms with Crippen LogP contribution in [0.1, 0.15) is 53.2 Å². The Morgan fingerprint density at radius 2 is 1.73 bits per heavy atom. The normalized spacial score (nSPS) is 15.1. The number of nitrogens with zero attached hydrogens (tertiary/aromatic N) is 1. The van der Waals surface area contributed by atoms with E-state index in [1.165, 1.54) is 37.0 Å². The third-order valence-corrected chi connectivity index (χ3v) is 7.04. The van der Waals surface area contributed by atoms with Crippen molar-refractivity contribution >= 4 is 15.9 Å². The number of amides is 1. The fraction of sp³-hybridized carbons (Fsp3) is 0.435. The molecule has 0 unspecified atom stereocenters. The molecule has 1 heterocycles. The molecule has 0 radical (unpaired) electrons. The Bertz CT molecular complexity index is 983. The zero-order valence-electron chi connectivity index (χ0n) is 17.8. The second-order valence-corrected chi connectivity index (χ2v) is 9.53. The highest BCUT2D eigenvalue weighted by molar-refractivity contribution is 7.89. The number of carbonyl (C=O) groups excluding carboxylic acids is 1. The van der Waals surface area contributed by atoms with Crippen LogP contribution in [0.2, 0.25) is 0 Å². The lowest BCUT2D eigenvalue weighted by Gasteiger charge is -2.27. The fourth-order valence-electron chi connectivity index (χ4n) is 3.80. The molecule has 30 heavy (non-hydrogen) atoms. The van der Waals surface area contributed by atoms with Crippen LogP contribution in [-0.4, -0.2) is 38.9 Å². The number of hydrogen-bond acceptors (Lipinski definition) is 4. The highest BCUT2D eigenvalue weighted by Gasteiger charge is 2.18. The first-order valence-electron chi connectivity index (χ1n) is 10.6. The number of hydrogen-bond donors (Lipinski definition) is 2. The summed E-state index contributed by atoms with van der Waals surface area (Å²) in [5.74, 6) is -0.270. The average Bonchev–Trinajstić information content (AvgIpc) is 2.74. The summed E-state index contributed by atoms with van der Waals surface area (Å²) in [5.41, 5.74) is 3.43. The van der Waals surface area contributed by atoms with Crippen LogP contribution in [0.25, 0.3) is 0 Å². The lowest BCUT2D eigenvalue weighted by Crippen LogP contribution is -2.30. The monoisotopic (exact) mass is 429 g/mol. The van der Waals surface area contributed by atoms with Gasteiger partial charge in [-0.2, -0.15) is 0 Å². The molecule has 0 saturated carbocycles. The minimum Gasteiger partial charge on any atom is -0.348 e. The molecule has 6 nitrogen and oxygen atoms in total. The summed E-state index contributed by atoms with van der Waals surface area (Å²) < 4.78 is 27.0. The molecule has 162 valence electrons. The molecule has 2 aromatic carbocycles. The van der Waals surface area contributed by atoms with Crippen molar-refractivity contribution in [3.63, 3.8) is 0 Å². The van der Waals surface area contributed by atoms with Crippen LogP contribution in [0.3, 0.4) is 0 Å². The summed E-state index contributed by atoms with van der Waals surface area (Å²) in [6.45, 7) is 7.36. The number of piperidine rings is 1. The van der Waals surface area contributed by atoms with Crippen molar-refractivity contribution in [3.05, 3.63) is 64.7 Å². The van der Waals surface area contributed by atoms with Crippen molar-refractivity contribution in [1.29, 1.82) is 0 Å². The second-order valence-electron chi connectivity index (χ2n) is 7.77. The number of carbonyl (C=O) groups is 1. The predicted octanol–water partition coefficient (Wildman–Crippen LogP) is 3.21. The van der Waals surface area contributed by atoms with Gasteiger partial charge in [-0.3, -0.25) is 9.69 Å². The van der Waals surface area contributed by atoms with Crippen LogP contribution in [0.5, 0.6) is 0 Å². The van der Waals surface area contributed by atoms with Gasteiger partial charge in [0, 0.05) is 25.2 Å². The second kappa shape index (κ2) is 10.2. The zero-order chi connectivity index (χ0) is 21.6. The zero-order valence-corrected chi connectivity index (χ0v) is 18.6. The Kier molecular flexibility index (Phi) is 7.64. The van der Waals surface area contributed by atoms with Crippen molar-refractivity contribution in [3.8, 4) is 0 Å². The lowest BCUT2D eigenvalue weighted by molar-refractivity contribution is 0.0950. The van der Waals surface area contributed by atoms with Crippen molar-refractivity contribution in [2.24, 2.45) is 0 Å². The molecule has 2 N–H and O–H groups in total. The third-order valence-electron chi connectivity index (χ3n) is 5.50. The summed E-state index contributed by atoms with van der Waals surface area (Å²) in [6.07, 6.45) is 3.78. The molecule has 0 spiro atoms. The summed E-state index contributed by atoms with van der Waals surface area (Å²) in [6, 6.07) is 12.8. The van der Waals surface area contributed by atoms with E-state index in [9.17, 15) is 13.2 Å². The van der Waals surface area contributed by atoms with E-state index in [4.69, 9.17) is 0 Å². The largest absolute Gasteiger partial charge is 0.348 e. The van der Waals surface area contributed by atoms with Crippen LogP contribution >= 0.6 is 0 Å². The summed E-state index contributed by atoms with van der Waals surface area (Å²) in [4.78, 5) is 15.4. The van der Waals surface area contributed by atoms with E-state index in [-0.39, 0.29) is 10.8 Å². The van der Waals surface area contributed by atoms with Crippen LogP contribution in [-0.2, 0) is 23.1 Å². The molecule has 1 aliphatic rings. The lowest BCUT2D eigenvalue weighted by atomic mass is 10.0. The molecule has 1 amide bonds. The summed E-state index contributed by atoms with van der Waals surface area (Å²) in [7, 11) is -3.61. The van der Waals surface area contributed by atoms with Gasteiger partial charge in [-0.25, -0.2) is 13.1 Å². The van der Waals surface area contributed by atoms with E-state index in [0.29, 0.717) is 18.7 Å². The number of aryl methyl sites for hydroxylation is 1. The van der Waals surface area contributed by atoms with Crippen molar-refractivity contribution in [1.82, 2.24) is 14.9 Å². The Balaban J connectivity index is 1.72. The first kappa shape index (κ1) is 22.5. The minimum absolute atomic E-state index is 0.102. The van der Waals surface area contributed by atoms with Gasteiger partial charge in [0.25, 0.3) is 5.91 Å². The van der Waals surface area contributed by atoms with Crippen LogP contribution < -0.4 is 10.0 Å². The SMILES string of the molecule is CCNS(=O)(=O)c1ccc(C)c(C(=O)NCc2ccccc2CN2CCCCC2)c1. The van der Waals surface area contributed by atoms with Crippen LogP contribution in [0.4, 0.5) is 0 Å². The Morgan fingerprint density at radius 3 is 2.43 bits per heavy atom. The van der Waals surface area contributed by atoms with Gasteiger partial charge in [0.1, 0.15) is 0 Å².